The van der Waals surface area contributed by atoms with Crippen molar-refractivity contribution < 1.29 is 13.3 Å². The molecular weight excluding hydrogens is 185 g/mol. The molecule has 2 nitrogen and oxygen atoms in total. The SMILES string of the molecule is FC1=C(F)C2=Cc3cccn3[B][N+]2=C1. The van der Waals surface area contributed by atoms with E-state index in [1.54, 1.807) is 18.1 Å². The molecule has 0 aliphatic carbocycles. The summed E-state index contributed by atoms with van der Waals surface area (Å²) in [5, 5.41) is 0. The third-order valence-corrected chi connectivity index (χ3v) is 2.31. The van der Waals surface area contributed by atoms with E-state index in [1.807, 2.05) is 18.3 Å². The zero-order valence-electron chi connectivity index (χ0n) is 7.11. The van der Waals surface area contributed by atoms with Crippen LogP contribution in [0.5, 0.6) is 0 Å². The second kappa shape index (κ2) is 2.44. The smallest absolute Gasteiger partial charge is 0.325 e. The molecule has 0 fully saturated rings. The van der Waals surface area contributed by atoms with E-state index >= 15 is 0 Å². The first kappa shape index (κ1) is 7.73. The number of hydrogen-bond acceptors (Lipinski definition) is 0. The van der Waals surface area contributed by atoms with E-state index in [0.717, 1.165) is 11.9 Å². The van der Waals surface area contributed by atoms with Crippen LogP contribution in [0.3, 0.4) is 0 Å². The van der Waals surface area contributed by atoms with Crippen LogP contribution in [0, 0.1) is 0 Å². The molecule has 0 bridgehead atoms. The first-order valence-corrected chi connectivity index (χ1v) is 4.18. The first-order valence-electron chi connectivity index (χ1n) is 4.18. The Morgan fingerprint density at radius 3 is 3.07 bits per heavy atom. The van der Waals surface area contributed by atoms with Crippen LogP contribution in [-0.4, -0.2) is 22.7 Å². The summed E-state index contributed by atoms with van der Waals surface area (Å²) in [6, 6.07) is 3.69. The molecule has 2 aliphatic heterocycles. The summed E-state index contributed by atoms with van der Waals surface area (Å²) in [6.45, 7) is 0. The van der Waals surface area contributed by atoms with Crippen molar-refractivity contribution in [2.45, 2.75) is 0 Å². The molecule has 0 aromatic carbocycles. The van der Waals surface area contributed by atoms with Crippen LogP contribution in [-0.2, 0) is 0 Å². The highest BCUT2D eigenvalue weighted by Crippen LogP contribution is 2.27. The Morgan fingerprint density at radius 2 is 2.21 bits per heavy atom. The molecule has 0 N–H and O–H groups in total. The summed E-state index contributed by atoms with van der Waals surface area (Å²) >= 11 is 0. The third kappa shape index (κ3) is 0.866. The molecule has 3 rings (SSSR count). The maximum Gasteiger partial charge on any atom is 0.699 e. The van der Waals surface area contributed by atoms with Crippen LogP contribution >= 0.6 is 0 Å². The predicted molar refractivity (Wildman–Crippen MR) is 49.1 cm³/mol. The van der Waals surface area contributed by atoms with Crippen LogP contribution in [0.4, 0.5) is 8.78 Å². The number of halogens is 2. The van der Waals surface area contributed by atoms with Crippen molar-refractivity contribution in [1.29, 1.82) is 0 Å². The van der Waals surface area contributed by atoms with Crippen molar-refractivity contribution in [2.75, 3.05) is 0 Å². The Hall–Kier alpha value is -1.65. The van der Waals surface area contributed by atoms with Gasteiger partial charge in [0.2, 0.25) is 17.4 Å². The van der Waals surface area contributed by atoms with Crippen LogP contribution in [0.1, 0.15) is 5.69 Å². The summed E-state index contributed by atoms with van der Waals surface area (Å²) in [4.78, 5) is 0. The Morgan fingerprint density at radius 1 is 1.36 bits per heavy atom. The molecule has 1 aromatic heterocycles. The molecule has 0 atom stereocenters. The number of rotatable bonds is 0. The zero-order chi connectivity index (χ0) is 9.71. The number of hydrogen-bond donors (Lipinski definition) is 0. The van der Waals surface area contributed by atoms with Crippen molar-refractivity contribution in [2.24, 2.45) is 0 Å². The van der Waals surface area contributed by atoms with E-state index in [0.29, 0.717) is 0 Å². The monoisotopic (exact) mass is 190 g/mol. The highest BCUT2D eigenvalue weighted by molar-refractivity contribution is 6.27. The Bertz CT molecular complexity index is 511. The van der Waals surface area contributed by atoms with Gasteiger partial charge in [-0.1, -0.05) is 0 Å². The van der Waals surface area contributed by atoms with Gasteiger partial charge in [0, 0.05) is 11.8 Å². The summed E-state index contributed by atoms with van der Waals surface area (Å²) in [5.74, 6) is -1.62. The lowest BCUT2D eigenvalue weighted by Crippen LogP contribution is -2.26. The minimum atomic E-state index is -0.821. The molecular formula is C9H5BF2N2+. The number of allylic oxidation sites excluding steroid dienone is 2. The molecule has 3 heterocycles. The molecule has 1 aromatic rings. The average molecular weight is 190 g/mol. The molecule has 0 amide bonds. The van der Waals surface area contributed by atoms with Crippen LogP contribution < -0.4 is 0 Å². The number of nitrogens with zero attached hydrogens (tertiary/aromatic N) is 2. The van der Waals surface area contributed by atoms with Gasteiger partial charge in [0.25, 0.3) is 0 Å². The standard InChI is InChI=1S/C9H5BF2N2/c11-7-5-14-8(9(7)12)4-6-2-1-3-13(6)10-14/h1-5H/q+1. The topological polar surface area (TPSA) is 7.94 Å². The Kier molecular flexibility index (Phi) is 1.35. The quantitative estimate of drug-likeness (QED) is 0.547. The highest BCUT2D eigenvalue weighted by atomic mass is 19.2. The van der Waals surface area contributed by atoms with Gasteiger partial charge in [0.1, 0.15) is 0 Å². The zero-order valence-corrected chi connectivity index (χ0v) is 7.11. The summed E-state index contributed by atoms with van der Waals surface area (Å²) < 4.78 is 29.3. The summed E-state index contributed by atoms with van der Waals surface area (Å²) in [5.41, 5.74) is 1.10. The van der Waals surface area contributed by atoms with Gasteiger partial charge >= 0.3 is 7.55 Å². The molecule has 0 unspecified atom stereocenters. The van der Waals surface area contributed by atoms with E-state index in [4.69, 9.17) is 0 Å². The lowest BCUT2D eigenvalue weighted by molar-refractivity contribution is -0.311. The van der Waals surface area contributed by atoms with Crippen LogP contribution in [0.25, 0.3) is 6.08 Å². The minimum absolute atomic E-state index is 0.258. The lowest BCUT2D eigenvalue weighted by Gasteiger charge is -2.07. The van der Waals surface area contributed by atoms with Gasteiger partial charge in [-0.05, 0) is 18.3 Å². The Balaban J connectivity index is 2.20. The van der Waals surface area contributed by atoms with E-state index < -0.39 is 11.7 Å². The normalized spacial score (nSPS) is 18.4. The van der Waals surface area contributed by atoms with Crippen molar-refractivity contribution in [1.82, 2.24) is 4.48 Å². The molecule has 67 valence electrons. The summed E-state index contributed by atoms with van der Waals surface area (Å²) in [6.07, 6.45) is 4.56. The fourth-order valence-corrected chi connectivity index (χ4v) is 1.63. The lowest BCUT2D eigenvalue weighted by atomic mass is 10.0. The largest absolute Gasteiger partial charge is 0.699 e. The van der Waals surface area contributed by atoms with Gasteiger partial charge in [-0.3, -0.25) is 4.49 Å². The van der Waals surface area contributed by atoms with E-state index in [9.17, 15) is 8.78 Å². The maximum atomic E-state index is 13.2. The number of fused-ring (bicyclic) bond motifs is 2. The van der Waals surface area contributed by atoms with Crippen molar-refractivity contribution in [3.8, 4) is 0 Å². The second-order valence-electron chi connectivity index (χ2n) is 3.18. The van der Waals surface area contributed by atoms with E-state index in [1.165, 1.54) is 4.49 Å². The molecule has 14 heavy (non-hydrogen) atoms. The first-order chi connectivity index (χ1) is 6.75. The van der Waals surface area contributed by atoms with Gasteiger partial charge in [0.05, 0.1) is 0 Å². The number of aromatic nitrogens is 1. The van der Waals surface area contributed by atoms with Crippen molar-refractivity contribution in [3.05, 3.63) is 41.4 Å². The van der Waals surface area contributed by atoms with Gasteiger partial charge in [0.15, 0.2) is 6.21 Å². The van der Waals surface area contributed by atoms with Gasteiger partial charge in [-0.15, -0.1) is 0 Å². The molecule has 0 saturated carbocycles. The maximum absolute atomic E-state index is 13.2. The summed E-state index contributed by atoms with van der Waals surface area (Å²) in [7, 11) is 1.64. The van der Waals surface area contributed by atoms with Crippen molar-refractivity contribution >= 4 is 19.8 Å². The Labute approximate surface area is 79.8 Å². The average Bonchev–Trinajstić information content (AvgIpc) is 2.70. The molecule has 0 saturated heterocycles. The van der Waals surface area contributed by atoms with E-state index in [-0.39, 0.29) is 5.70 Å². The van der Waals surface area contributed by atoms with Gasteiger partial charge in [-0.2, -0.15) is 8.78 Å². The van der Waals surface area contributed by atoms with Crippen LogP contribution in [0.2, 0.25) is 0 Å². The fourth-order valence-electron chi connectivity index (χ4n) is 1.63. The predicted octanol–water partition coefficient (Wildman–Crippen LogP) is 1.47. The van der Waals surface area contributed by atoms with Crippen molar-refractivity contribution in [3.63, 3.8) is 0 Å². The molecule has 2 aliphatic rings. The molecule has 0 spiro atoms. The van der Waals surface area contributed by atoms with Gasteiger partial charge < -0.3 is 4.48 Å². The fraction of sp³-hybridized carbons (Fsp3) is 0. The third-order valence-electron chi connectivity index (χ3n) is 2.31. The highest BCUT2D eigenvalue weighted by Gasteiger charge is 2.36. The van der Waals surface area contributed by atoms with E-state index in [2.05, 4.69) is 0 Å². The van der Waals surface area contributed by atoms with Crippen LogP contribution in [0.15, 0.2) is 35.7 Å². The second-order valence-corrected chi connectivity index (χ2v) is 3.18. The van der Waals surface area contributed by atoms with Gasteiger partial charge in [-0.25, -0.2) is 0 Å². The minimum Gasteiger partial charge on any atom is -0.325 e. The molecule has 5 heteroatoms. The molecule has 1 radical (unpaired) electrons.